The molecule has 0 amide bonds. The molecule has 10 rings (SSSR count). The van der Waals surface area contributed by atoms with Crippen molar-refractivity contribution >= 4 is 38.6 Å². The van der Waals surface area contributed by atoms with Crippen molar-refractivity contribution in [3.8, 4) is 44.5 Å². The van der Waals surface area contributed by atoms with Crippen molar-refractivity contribution < 1.29 is 0 Å². The number of anilines is 3. The van der Waals surface area contributed by atoms with Gasteiger partial charge in [0.2, 0.25) is 0 Å². The molecule has 1 aliphatic carbocycles. The highest BCUT2D eigenvalue weighted by Crippen LogP contribution is 2.50. The standard InChI is InChI=1S/C53H39N/c1-53(2)51-22-11-10-20-48(51)50-35-44(31-32-52(50)53)54(43-29-25-39(26-30-43)46-21-12-17-37-15-6-8-18-45(37)46)42-27-23-36(24-28-42)41-33-40-16-7-9-19-47(40)49(34-41)38-13-4-3-5-14-38/h3-35H,1-2H3. The second kappa shape index (κ2) is 12.8. The zero-order valence-corrected chi connectivity index (χ0v) is 30.5. The van der Waals surface area contributed by atoms with Crippen LogP contribution in [0.4, 0.5) is 17.1 Å². The van der Waals surface area contributed by atoms with Gasteiger partial charge in [-0.2, -0.15) is 0 Å². The van der Waals surface area contributed by atoms with E-state index in [1.165, 1.54) is 77.2 Å². The Labute approximate surface area is 317 Å². The molecule has 0 aromatic heterocycles. The van der Waals surface area contributed by atoms with Crippen LogP contribution >= 0.6 is 0 Å². The van der Waals surface area contributed by atoms with Gasteiger partial charge in [0, 0.05) is 22.5 Å². The first-order chi connectivity index (χ1) is 26.5. The highest BCUT2D eigenvalue weighted by Gasteiger charge is 2.35. The van der Waals surface area contributed by atoms with Crippen molar-refractivity contribution in [1.29, 1.82) is 0 Å². The van der Waals surface area contributed by atoms with Gasteiger partial charge in [0.25, 0.3) is 0 Å². The lowest BCUT2D eigenvalue weighted by Gasteiger charge is -2.27. The summed E-state index contributed by atoms with van der Waals surface area (Å²) >= 11 is 0. The fraction of sp³-hybridized carbons (Fsp3) is 0.0566. The monoisotopic (exact) mass is 689 g/mol. The van der Waals surface area contributed by atoms with Gasteiger partial charge >= 0.3 is 0 Å². The fourth-order valence-corrected chi connectivity index (χ4v) is 8.70. The molecule has 0 saturated carbocycles. The molecule has 0 N–H and O–H groups in total. The van der Waals surface area contributed by atoms with Crippen LogP contribution in [0.5, 0.6) is 0 Å². The molecule has 0 fully saturated rings. The highest BCUT2D eigenvalue weighted by atomic mass is 15.1. The smallest absolute Gasteiger partial charge is 0.0468 e. The first-order valence-corrected chi connectivity index (χ1v) is 18.8. The van der Waals surface area contributed by atoms with Crippen molar-refractivity contribution in [1.82, 2.24) is 0 Å². The Kier molecular flexibility index (Phi) is 7.56. The molecule has 9 aromatic carbocycles. The minimum absolute atomic E-state index is 0.0461. The predicted molar refractivity (Wildman–Crippen MR) is 230 cm³/mol. The van der Waals surface area contributed by atoms with E-state index >= 15 is 0 Å². The molecule has 1 nitrogen and oxygen atoms in total. The molecule has 256 valence electrons. The van der Waals surface area contributed by atoms with Crippen LogP contribution in [0.2, 0.25) is 0 Å². The predicted octanol–water partition coefficient (Wildman–Crippen LogP) is 14.8. The van der Waals surface area contributed by atoms with Gasteiger partial charge in [-0.3, -0.25) is 0 Å². The van der Waals surface area contributed by atoms with E-state index in [4.69, 9.17) is 0 Å². The summed E-state index contributed by atoms with van der Waals surface area (Å²) in [6.45, 7) is 4.69. The van der Waals surface area contributed by atoms with Gasteiger partial charge in [-0.15, -0.1) is 0 Å². The van der Waals surface area contributed by atoms with Crippen LogP contribution < -0.4 is 4.90 Å². The number of hydrogen-bond acceptors (Lipinski definition) is 1. The lowest BCUT2D eigenvalue weighted by molar-refractivity contribution is 0.660. The lowest BCUT2D eigenvalue weighted by Crippen LogP contribution is -2.15. The van der Waals surface area contributed by atoms with Gasteiger partial charge in [-0.25, -0.2) is 0 Å². The van der Waals surface area contributed by atoms with Crippen molar-refractivity contribution in [2.24, 2.45) is 0 Å². The lowest BCUT2D eigenvalue weighted by atomic mass is 9.82. The third kappa shape index (κ3) is 5.32. The molecule has 0 atom stereocenters. The van der Waals surface area contributed by atoms with Gasteiger partial charge in [0.1, 0.15) is 0 Å². The Hall–Kier alpha value is -6.70. The number of fused-ring (bicyclic) bond motifs is 5. The van der Waals surface area contributed by atoms with E-state index in [2.05, 4.69) is 219 Å². The summed E-state index contributed by atoms with van der Waals surface area (Å²) < 4.78 is 0. The first kappa shape index (κ1) is 32.0. The summed E-state index contributed by atoms with van der Waals surface area (Å²) in [5.41, 5.74) is 16.1. The second-order valence-corrected chi connectivity index (χ2v) is 15.0. The third-order valence-electron chi connectivity index (χ3n) is 11.5. The van der Waals surface area contributed by atoms with Crippen LogP contribution in [0.25, 0.3) is 66.1 Å². The molecule has 0 bridgehead atoms. The Balaban J connectivity index is 1.09. The van der Waals surface area contributed by atoms with Gasteiger partial charge in [-0.1, -0.05) is 166 Å². The third-order valence-corrected chi connectivity index (χ3v) is 11.5. The molecule has 0 spiro atoms. The van der Waals surface area contributed by atoms with Crippen LogP contribution in [0.15, 0.2) is 200 Å². The summed E-state index contributed by atoms with van der Waals surface area (Å²) in [4.78, 5) is 2.40. The number of hydrogen-bond donors (Lipinski definition) is 0. The highest BCUT2D eigenvalue weighted by molar-refractivity contribution is 6.00. The molecule has 54 heavy (non-hydrogen) atoms. The van der Waals surface area contributed by atoms with E-state index in [-0.39, 0.29) is 5.41 Å². The van der Waals surface area contributed by atoms with Crippen molar-refractivity contribution in [2.45, 2.75) is 19.3 Å². The quantitative estimate of drug-likeness (QED) is 0.168. The van der Waals surface area contributed by atoms with Crippen molar-refractivity contribution in [2.75, 3.05) is 4.90 Å². The van der Waals surface area contributed by atoms with Gasteiger partial charge in [-0.05, 0) is 126 Å². The maximum Gasteiger partial charge on any atom is 0.0468 e. The SMILES string of the molecule is CC1(C)c2ccccc2-c2cc(N(c3ccc(-c4cc(-c5ccccc5)c5ccccc5c4)cc3)c3ccc(-c4cccc5ccccc45)cc3)ccc21. The number of rotatable bonds is 6. The largest absolute Gasteiger partial charge is 0.310 e. The minimum Gasteiger partial charge on any atom is -0.310 e. The molecular weight excluding hydrogens is 651 g/mol. The van der Waals surface area contributed by atoms with E-state index in [1.807, 2.05) is 0 Å². The molecule has 1 heteroatoms. The topological polar surface area (TPSA) is 3.24 Å². The maximum absolute atomic E-state index is 2.40. The Morgan fingerprint density at radius 2 is 0.852 bits per heavy atom. The van der Waals surface area contributed by atoms with Crippen molar-refractivity contribution in [3.05, 3.63) is 211 Å². The Morgan fingerprint density at radius 3 is 1.61 bits per heavy atom. The van der Waals surface area contributed by atoms with Gasteiger partial charge < -0.3 is 4.90 Å². The minimum atomic E-state index is -0.0461. The van der Waals surface area contributed by atoms with Crippen LogP contribution in [0.3, 0.4) is 0 Å². The summed E-state index contributed by atoms with van der Waals surface area (Å²) in [7, 11) is 0. The number of benzene rings is 9. The normalized spacial score (nSPS) is 12.8. The summed E-state index contributed by atoms with van der Waals surface area (Å²) in [5.74, 6) is 0. The molecule has 0 radical (unpaired) electrons. The van der Waals surface area contributed by atoms with E-state index in [0.717, 1.165) is 17.1 Å². The van der Waals surface area contributed by atoms with Crippen LogP contribution in [-0.4, -0.2) is 0 Å². The van der Waals surface area contributed by atoms with E-state index in [1.54, 1.807) is 0 Å². The molecule has 0 aliphatic heterocycles. The van der Waals surface area contributed by atoms with Crippen molar-refractivity contribution in [3.63, 3.8) is 0 Å². The summed E-state index contributed by atoms with van der Waals surface area (Å²) in [6.07, 6.45) is 0. The molecule has 0 heterocycles. The zero-order chi connectivity index (χ0) is 36.2. The van der Waals surface area contributed by atoms with Crippen LogP contribution in [-0.2, 0) is 5.41 Å². The molecule has 0 unspecified atom stereocenters. The van der Waals surface area contributed by atoms with E-state index in [9.17, 15) is 0 Å². The molecular formula is C53H39N. The Morgan fingerprint density at radius 1 is 0.315 bits per heavy atom. The first-order valence-electron chi connectivity index (χ1n) is 18.8. The average Bonchev–Trinajstić information content (AvgIpc) is 3.46. The average molecular weight is 690 g/mol. The zero-order valence-electron chi connectivity index (χ0n) is 30.5. The molecule has 1 aliphatic rings. The number of nitrogens with zero attached hydrogens (tertiary/aromatic N) is 1. The molecule has 9 aromatic rings. The fourth-order valence-electron chi connectivity index (χ4n) is 8.70. The van der Waals surface area contributed by atoms with Crippen LogP contribution in [0, 0.1) is 0 Å². The summed E-state index contributed by atoms with van der Waals surface area (Å²) in [5, 5.41) is 5.03. The van der Waals surface area contributed by atoms with E-state index < -0.39 is 0 Å². The van der Waals surface area contributed by atoms with Crippen LogP contribution in [0.1, 0.15) is 25.0 Å². The Bertz CT molecular complexity index is 2820. The van der Waals surface area contributed by atoms with Gasteiger partial charge in [0.15, 0.2) is 0 Å². The maximum atomic E-state index is 2.40. The second-order valence-electron chi connectivity index (χ2n) is 15.0. The molecule has 0 saturated heterocycles. The van der Waals surface area contributed by atoms with E-state index in [0.29, 0.717) is 0 Å². The summed E-state index contributed by atoms with van der Waals surface area (Å²) in [6, 6.07) is 73.4. The van der Waals surface area contributed by atoms with Gasteiger partial charge in [0.05, 0.1) is 0 Å².